The van der Waals surface area contributed by atoms with Gasteiger partial charge in [0.05, 0.1) is 0 Å². The molecule has 0 radical (unpaired) electrons. The maximum Gasteiger partial charge on any atom is 0.0269 e. The van der Waals surface area contributed by atoms with E-state index in [0.29, 0.717) is 6.42 Å². The van der Waals surface area contributed by atoms with E-state index in [1.807, 2.05) is 20.8 Å². The SMILES string of the molecule is [2H]C([2H])(CC)C(C)C. The number of hydrogen-bond donors (Lipinski definition) is 0. The van der Waals surface area contributed by atoms with Crippen molar-refractivity contribution in [3.8, 4) is 0 Å². The van der Waals surface area contributed by atoms with Crippen LogP contribution in [0.4, 0.5) is 0 Å². The molecule has 0 N–H and O–H groups in total. The van der Waals surface area contributed by atoms with Gasteiger partial charge in [-0.25, -0.2) is 0 Å². The molecule has 0 aromatic heterocycles. The number of hydrogen-bond acceptors (Lipinski definition) is 0. The van der Waals surface area contributed by atoms with Gasteiger partial charge < -0.3 is 0 Å². The normalized spacial score (nSPS) is 17.3. The Bertz CT molecular complexity index is 66.9. The van der Waals surface area contributed by atoms with Gasteiger partial charge in [-0.1, -0.05) is 33.6 Å². The summed E-state index contributed by atoms with van der Waals surface area (Å²) in [5, 5.41) is 0. The standard InChI is InChI=1S/C6H14/c1-4-5-6(2)3/h6H,4-5H2,1-3H3/i5D2. The lowest BCUT2D eigenvalue weighted by Crippen LogP contribution is -1.81. The Morgan fingerprint density at radius 2 is 2.17 bits per heavy atom. The first-order chi connectivity index (χ1) is 3.50. The van der Waals surface area contributed by atoms with Crippen LogP contribution < -0.4 is 0 Å². The van der Waals surface area contributed by atoms with Gasteiger partial charge in [0.25, 0.3) is 0 Å². The molecule has 0 amide bonds. The van der Waals surface area contributed by atoms with Gasteiger partial charge in [0.15, 0.2) is 0 Å². The summed E-state index contributed by atoms with van der Waals surface area (Å²) in [5.74, 6) is 0.146. The lowest BCUT2D eigenvalue weighted by molar-refractivity contribution is 0.576. The maximum absolute atomic E-state index is 7.30. The average molecular weight is 88.2 g/mol. The van der Waals surface area contributed by atoms with Crippen molar-refractivity contribution < 1.29 is 2.74 Å². The van der Waals surface area contributed by atoms with Crippen LogP contribution in [0.2, 0.25) is 0 Å². The van der Waals surface area contributed by atoms with E-state index in [2.05, 4.69) is 0 Å². The van der Waals surface area contributed by atoms with Crippen molar-refractivity contribution in [3.05, 3.63) is 0 Å². The van der Waals surface area contributed by atoms with Crippen molar-refractivity contribution in [2.24, 2.45) is 5.92 Å². The van der Waals surface area contributed by atoms with Crippen molar-refractivity contribution in [2.45, 2.75) is 33.6 Å². The molecule has 0 aliphatic rings. The highest BCUT2D eigenvalue weighted by atomic mass is 13.9. The highest BCUT2D eigenvalue weighted by molar-refractivity contribution is 4.38. The Hall–Kier alpha value is 0. The lowest BCUT2D eigenvalue weighted by Gasteiger charge is -1.95. The monoisotopic (exact) mass is 88.1 g/mol. The minimum absolute atomic E-state index is 0.146. The van der Waals surface area contributed by atoms with Crippen LogP contribution in [-0.2, 0) is 0 Å². The van der Waals surface area contributed by atoms with Gasteiger partial charge in [-0.15, -0.1) is 0 Å². The molecular formula is C6H14. The fraction of sp³-hybridized carbons (Fsp3) is 1.00. The van der Waals surface area contributed by atoms with Crippen LogP contribution in [0, 0.1) is 5.92 Å². The molecule has 0 heteroatoms. The van der Waals surface area contributed by atoms with E-state index in [9.17, 15) is 0 Å². The quantitative estimate of drug-likeness (QED) is 0.486. The highest BCUT2D eigenvalue weighted by Crippen LogP contribution is 2.00. The molecule has 0 aliphatic heterocycles. The lowest BCUT2D eigenvalue weighted by atomic mass is 10.1. The van der Waals surface area contributed by atoms with Crippen LogP contribution in [0.25, 0.3) is 0 Å². The fourth-order valence-electron chi connectivity index (χ4n) is 0.408. The predicted octanol–water partition coefficient (Wildman–Crippen LogP) is 2.44. The predicted molar refractivity (Wildman–Crippen MR) is 29.7 cm³/mol. The third kappa shape index (κ3) is 4.00. The molecule has 0 fully saturated rings. The molecule has 0 atom stereocenters. The van der Waals surface area contributed by atoms with E-state index in [1.54, 1.807) is 0 Å². The van der Waals surface area contributed by atoms with E-state index >= 15 is 0 Å². The second kappa shape index (κ2) is 3.20. The molecule has 38 valence electrons. The average Bonchev–Trinajstić information content (AvgIpc) is 1.67. The minimum Gasteiger partial charge on any atom is -0.0654 e. The number of rotatable bonds is 2. The Balaban J connectivity index is 3.71. The second-order valence-electron chi connectivity index (χ2n) is 1.71. The zero-order valence-corrected chi connectivity index (χ0v) is 4.78. The molecule has 0 unspecified atom stereocenters. The van der Waals surface area contributed by atoms with E-state index in [0.717, 1.165) is 0 Å². The topological polar surface area (TPSA) is 0 Å². The summed E-state index contributed by atoms with van der Waals surface area (Å²) >= 11 is 0. The van der Waals surface area contributed by atoms with Crippen LogP contribution >= 0.6 is 0 Å². The summed E-state index contributed by atoms with van der Waals surface area (Å²) in [4.78, 5) is 0. The van der Waals surface area contributed by atoms with Crippen molar-refractivity contribution in [1.29, 1.82) is 0 Å². The molecular weight excluding hydrogens is 72.1 g/mol. The van der Waals surface area contributed by atoms with Gasteiger partial charge in [0.2, 0.25) is 0 Å². The summed E-state index contributed by atoms with van der Waals surface area (Å²) in [6.45, 7) is 5.69. The van der Waals surface area contributed by atoms with Crippen LogP contribution in [0.15, 0.2) is 0 Å². The fourth-order valence-corrected chi connectivity index (χ4v) is 0.408. The third-order valence-electron chi connectivity index (χ3n) is 0.612. The molecule has 0 aromatic rings. The van der Waals surface area contributed by atoms with Crippen molar-refractivity contribution in [1.82, 2.24) is 0 Å². The summed E-state index contributed by atoms with van der Waals surface area (Å²) in [7, 11) is 0. The van der Waals surface area contributed by atoms with Crippen molar-refractivity contribution >= 4 is 0 Å². The van der Waals surface area contributed by atoms with Gasteiger partial charge in [-0.05, 0) is 5.92 Å². The first-order valence-electron chi connectivity index (χ1n) is 3.50. The molecule has 0 nitrogen and oxygen atoms in total. The van der Waals surface area contributed by atoms with Crippen LogP contribution in [0.5, 0.6) is 0 Å². The molecule has 0 aromatic carbocycles. The summed E-state index contributed by atoms with van der Waals surface area (Å²) < 4.78 is 14.6. The van der Waals surface area contributed by atoms with Gasteiger partial charge in [-0.2, -0.15) is 0 Å². The first kappa shape index (κ1) is 3.06. The smallest absolute Gasteiger partial charge is 0.0269 e. The Kier molecular flexibility index (Phi) is 1.63. The van der Waals surface area contributed by atoms with Gasteiger partial charge >= 0.3 is 0 Å². The van der Waals surface area contributed by atoms with Crippen LogP contribution in [0.1, 0.15) is 36.3 Å². The maximum atomic E-state index is 7.30. The van der Waals surface area contributed by atoms with Gasteiger partial charge in [0.1, 0.15) is 0 Å². The zero-order chi connectivity index (χ0) is 6.78. The van der Waals surface area contributed by atoms with Crippen molar-refractivity contribution in [2.75, 3.05) is 0 Å². The molecule has 0 rings (SSSR count). The molecule has 0 spiro atoms. The second-order valence-corrected chi connectivity index (χ2v) is 1.71. The molecule has 6 heavy (non-hydrogen) atoms. The minimum atomic E-state index is -0.958. The summed E-state index contributed by atoms with van der Waals surface area (Å²) in [6, 6.07) is 0. The third-order valence-corrected chi connectivity index (χ3v) is 0.612. The van der Waals surface area contributed by atoms with Gasteiger partial charge in [-0.3, -0.25) is 0 Å². The molecule has 0 aliphatic carbocycles. The van der Waals surface area contributed by atoms with E-state index in [4.69, 9.17) is 2.74 Å². The molecule has 0 bridgehead atoms. The van der Waals surface area contributed by atoms with Crippen LogP contribution in [-0.4, -0.2) is 0 Å². The van der Waals surface area contributed by atoms with Crippen LogP contribution in [0.3, 0.4) is 0 Å². The largest absolute Gasteiger partial charge is 0.0654 e. The van der Waals surface area contributed by atoms with Gasteiger partial charge in [0, 0.05) is 2.74 Å². The highest BCUT2D eigenvalue weighted by Gasteiger charge is 1.85. The van der Waals surface area contributed by atoms with E-state index in [-0.39, 0.29) is 5.92 Å². The molecule has 0 saturated heterocycles. The zero-order valence-electron chi connectivity index (χ0n) is 6.78. The van der Waals surface area contributed by atoms with E-state index < -0.39 is 6.37 Å². The summed E-state index contributed by atoms with van der Waals surface area (Å²) in [5.41, 5.74) is 0. The molecule has 0 heterocycles. The Morgan fingerprint density at radius 1 is 1.67 bits per heavy atom. The molecule has 0 saturated carbocycles. The summed E-state index contributed by atoms with van der Waals surface area (Å²) in [6.07, 6.45) is -0.343. The Morgan fingerprint density at radius 3 is 2.17 bits per heavy atom. The first-order valence-corrected chi connectivity index (χ1v) is 2.50. The van der Waals surface area contributed by atoms with Crippen molar-refractivity contribution in [3.63, 3.8) is 0 Å². The van der Waals surface area contributed by atoms with E-state index in [1.165, 1.54) is 0 Å². The Labute approximate surface area is 43.4 Å².